The van der Waals surface area contributed by atoms with Gasteiger partial charge in [-0.25, -0.2) is 0 Å². The predicted octanol–water partition coefficient (Wildman–Crippen LogP) is 4.53. The Hall–Kier alpha value is -0.860. The first-order chi connectivity index (χ1) is 11.3. The lowest BCUT2D eigenvalue weighted by Gasteiger charge is -2.60. The topological polar surface area (TPSA) is 43.4 Å². The Kier molecular flexibility index (Phi) is 3.85. The Morgan fingerprint density at radius 2 is 1.83 bits per heavy atom. The third-order valence-corrected chi connectivity index (χ3v) is 8.66. The number of carbonyl (C=O) groups is 2. The summed E-state index contributed by atoms with van der Waals surface area (Å²) < 4.78 is 5.54. The van der Waals surface area contributed by atoms with Crippen molar-refractivity contribution in [1.82, 2.24) is 0 Å². The number of fused-ring (bicyclic) bond motifs is 5. The van der Waals surface area contributed by atoms with Gasteiger partial charge in [-0.2, -0.15) is 0 Å². The third kappa shape index (κ3) is 2.29. The Bertz CT molecular complexity index is 555. The van der Waals surface area contributed by atoms with Gasteiger partial charge in [-0.1, -0.05) is 13.8 Å². The quantitative estimate of drug-likeness (QED) is 0.663. The molecule has 0 spiro atoms. The van der Waals surface area contributed by atoms with Gasteiger partial charge in [0, 0.05) is 18.8 Å². The van der Waals surface area contributed by atoms with Gasteiger partial charge in [-0.3, -0.25) is 9.59 Å². The molecule has 0 heterocycles. The average Bonchev–Trinajstić information content (AvgIpc) is 2.83. The SMILES string of the molecule is CC(=O)O[C@H]1CC[C@@]2(C)[C@H](CC[C@H]3[C@H]4CCC(=O)[C@]4(C)CC[C@@H]32)C1. The van der Waals surface area contributed by atoms with Crippen LogP contribution in [-0.2, 0) is 14.3 Å². The van der Waals surface area contributed by atoms with Crippen molar-refractivity contribution in [1.29, 1.82) is 0 Å². The van der Waals surface area contributed by atoms with Crippen molar-refractivity contribution in [2.75, 3.05) is 0 Å². The number of Topliss-reactive ketones (excluding diaryl/α,β-unsaturated/α-hetero) is 1. The standard InChI is InChI=1S/C21H32O3/c1-13(22)24-15-8-10-20(2)14(12-15)4-5-16-17-6-7-19(23)21(17,3)11-9-18(16)20/h14-18H,4-12H2,1-3H3/t14-,15+,16+,17-,18+,20+,21-/m1/s1. The average molecular weight is 332 g/mol. The smallest absolute Gasteiger partial charge is 0.302 e. The Balaban J connectivity index is 1.54. The molecule has 0 unspecified atom stereocenters. The monoisotopic (exact) mass is 332 g/mol. The van der Waals surface area contributed by atoms with Crippen molar-refractivity contribution >= 4 is 11.8 Å². The summed E-state index contributed by atoms with van der Waals surface area (Å²) in [6.45, 7) is 6.30. The van der Waals surface area contributed by atoms with Crippen molar-refractivity contribution in [3.05, 3.63) is 0 Å². The summed E-state index contributed by atoms with van der Waals surface area (Å²) in [5.41, 5.74) is 0.381. The van der Waals surface area contributed by atoms with Crippen LogP contribution in [0.2, 0.25) is 0 Å². The van der Waals surface area contributed by atoms with E-state index >= 15 is 0 Å². The zero-order chi connectivity index (χ0) is 17.1. The highest BCUT2D eigenvalue weighted by atomic mass is 16.5. The van der Waals surface area contributed by atoms with Crippen LogP contribution in [0.15, 0.2) is 0 Å². The highest BCUT2D eigenvalue weighted by Crippen LogP contribution is 2.65. The second-order valence-corrected chi connectivity index (χ2v) is 9.58. The summed E-state index contributed by atoms with van der Waals surface area (Å²) in [6.07, 6.45) is 10.2. The maximum absolute atomic E-state index is 12.5. The molecule has 4 saturated carbocycles. The Morgan fingerprint density at radius 3 is 2.58 bits per heavy atom. The molecular weight excluding hydrogens is 300 g/mol. The molecule has 0 aromatic rings. The van der Waals surface area contributed by atoms with E-state index in [1.54, 1.807) is 0 Å². The minimum Gasteiger partial charge on any atom is -0.463 e. The molecule has 4 rings (SSSR count). The molecule has 3 heteroatoms. The maximum Gasteiger partial charge on any atom is 0.302 e. The maximum atomic E-state index is 12.5. The van der Waals surface area contributed by atoms with Crippen LogP contribution in [0.25, 0.3) is 0 Å². The summed E-state index contributed by atoms with van der Waals surface area (Å²) >= 11 is 0. The number of esters is 1. The summed E-state index contributed by atoms with van der Waals surface area (Å²) in [4.78, 5) is 23.8. The lowest BCUT2D eigenvalue weighted by Crippen LogP contribution is -2.54. The van der Waals surface area contributed by atoms with Gasteiger partial charge in [-0.05, 0) is 80.5 Å². The van der Waals surface area contributed by atoms with E-state index in [2.05, 4.69) is 13.8 Å². The van der Waals surface area contributed by atoms with E-state index in [0.29, 0.717) is 23.0 Å². The van der Waals surface area contributed by atoms with E-state index in [1.165, 1.54) is 32.6 Å². The van der Waals surface area contributed by atoms with Crippen molar-refractivity contribution in [3.63, 3.8) is 0 Å². The van der Waals surface area contributed by atoms with Gasteiger partial charge in [0.05, 0.1) is 0 Å². The second-order valence-electron chi connectivity index (χ2n) is 9.58. The van der Waals surface area contributed by atoms with Gasteiger partial charge in [0.15, 0.2) is 0 Å². The van der Waals surface area contributed by atoms with Crippen LogP contribution < -0.4 is 0 Å². The molecule has 0 saturated heterocycles. The number of ketones is 1. The van der Waals surface area contributed by atoms with Crippen LogP contribution in [0.1, 0.15) is 78.6 Å². The summed E-state index contributed by atoms with van der Waals surface area (Å²) in [5, 5.41) is 0. The molecule has 4 aliphatic carbocycles. The fourth-order valence-electron chi connectivity index (χ4n) is 7.33. The molecule has 4 aliphatic rings. The van der Waals surface area contributed by atoms with Crippen LogP contribution in [0, 0.1) is 34.5 Å². The number of carbonyl (C=O) groups excluding carboxylic acids is 2. The molecular formula is C21H32O3. The number of rotatable bonds is 1. The zero-order valence-electron chi connectivity index (χ0n) is 15.5. The first-order valence-electron chi connectivity index (χ1n) is 10.0. The van der Waals surface area contributed by atoms with E-state index in [9.17, 15) is 9.59 Å². The summed E-state index contributed by atoms with van der Waals surface area (Å²) in [6, 6.07) is 0. The van der Waals surface area contributed by atoms with Gasteiger partial charge in [0.2, 0.25) is 0 Å². The molecule has 134 valence electrons. The molecule has 3 nitrogen and oxygen atoms in total. The highest BCUT2D eigenvalue weighted by Gasteiger charge is 2.60. The number of ether oxygens (including phenoxy) is 1. The second kappa shape index (κ2) is 5.57. The Labute approximate surface area is 145 Å². The Morgan fingerprint density at radius 1 is 1.04 bits per heavy atom. The third-order valence-electron chi connectivity index (χ3n) is 8.66. The molecule has 0 N–H and O–H groups in total. The molecule has 0 aromatic heterocycles. The molecule has 0 amide bonds. The molecule has 0 aromatic carbocycles. The zero-order valence-corrected chi connectivity index (χ0v) is 15.5. The van der Waals surface area contributed by atoms with Crippen molar-refractivity contribution in [3.8, 4) is 0 Å². The largest absolute Gasteiger partial charge is 0.463 e. The lowest BCUT2D eigenvalue weighted by atomic mass is 9.45. The summed E-state index contributed by atoms with van der Waals surface area (Å²) in [7, 11) is 0. The van der Waals surface area contributed by atoms with Crippen LogP contribution in [0.4, 0.5) is 0 Å². The van der Waals surface area contributed by atoms with Gasteiger partial charge in [0.1, 0.15) is 11.9 Å². The van der Waals surface area contributed by atoms with Crippen LogP contribution in [-0.4, -0.2) is 17.9 Å². The predicted molar refractivity (Wildman–Crippen MR) is 92.3 cm³/mol. The number of hydrogen-bond acceptors (Lipinski definition) is 3. The van der Waals surface area contributed by atoms with Crippen molar-refractivity contribution in [2.45, 2.75) is 84.7 Å². The van der Waals surface area contributed by atoms with E-state index in [-0.39, 0.29) is 17.5 Å². The minimum absolute atomic E-state index is 0.0146. The number of hydrogen-bond donors (Lipinski definition) is 0. The molecule has 24 heavy (non-hydrogen) atoms. The minimum atomic E-state index is -0.129. The van der Waals surface area contributed by atoms with Crippen LogP contribution in [0.3, 0.4) is 0 Å². The van der Waals surface area contributed by atoms with Crippen molar-refractivity contribution < 1.29 is 14.3 Å². The van der Waals surface area contributed by atoms with Gasteiger partial charge in [0.25, 0.3) is 0 Å². The molecule has 0 bridgehead atoms. The van der Waals surface area contributed by atoms with Gasteiger partial charge in [-0.15, -0.1) is 0 Å². The van der Waals surface area contributed by atoms with Gasteiger partial charge >= 0.3 is 5.97 Å². The van der Waals surface area contributed by atoms with E-state index in [4.69, 9.17) is 4.74 Å². The fourth-order valence-corrected chi connectivity index (χ4v) is 7.33. The van der Waals surface area contributed by atoms with E-state index in [1.807, 2.05) is 0 Å². The lowest BCUT2D eigenvalue weighted by molar-refractivity contribution is -0.160. The first kappa shape index (κ1) is 16.6. The molecule has 0 aliphatic heterocycles. The van der Waals surface area contributed by atoms with E-state index in [0.717, 1.165) is 43.9 Å². The van der Waals surface area contributed by atoms with E-state index < -0.39 is 0 Å². The molecule has 7 atom stereocenters. The van der Waals surface area contributed by atoms with Crippen molar-refractivity contribution in [2.24, 2.45) is 34.5 Å². The highest BCUT2D eigenvalue weighted by molar-refractivity contribution is 5.87. The normalized spacial score (nSPS) is 50.6. The summed E-state index contributed by atoms with van der Waals surface area (Å²) in [5.74, 6) is 3.26. The molecule has 4 fully saturated rings. The first-order valence-corrected chi connectivity index (χ1v) is 10.0. The fraction of sp³-hybridized carbons (Fsp3) is 0.905. The molecule has 0 radical (unpaired) electrons. The van der Waals surface area contributed by atoms with Gasteiger partial charge < -0.3 is 4.74 Å². The van der Waals surface area contributed by atoms with Crippen LogP contribution in [0.5, 0.6) is 0 Å². The van der Waals surface area contributed by atoms with Crippen LogP contribution >= 0.6 is 0 Å².